The van der Waals surface area contributed by atoms with Crippen LogP contribution in [0.4, 0.5) is 5.69 Å². The summed E-state index contributed by atoms with van der Waals surface area (Å²) in [6, 6.07) is 27.5. The Labute approximate surface area is 183 Å². The SMILES string of the molecule is N#Cc1ccc2[nH]cc(CCN3CCN(c4ccccc4-c4ccccc4)CC3)c2c1. The molecule has 4 aromatic rings. The van der Waals surface area contributed by atoms with E-state index in [1.54, 1.807) is 0 Å². The van der Waals surface area contributed by atoms with Gasteiger partial charge in [0.1, 0.15) is 0 Å². The van der Waals surface area contributed by atoms with Gasteiger partial charge in [-0.2, -0.15) is 5.26 Å². The molecule has 1 N–H and O–H groups in total. The van der Waals surface area contributed by atoms with Gasteiger partial charge in [-0.15, -0.1) is 0 Å². The average Bonchev–Trinajstić information content (AvgIpc) is 3.26. The molecule has 0 bridgehead atoms. The second-order valence-electron chi connectivity index (χ2n) is 8.15. The highest BCUT2D eigenvalue weighted by Crippen LogP contribution is 2.31. The van der Waals surface area contributed by atoms with Crippen molar-refractivity contribution in [2.45, 2.75) is 6.42 Å². The molecule has 1 aromatic heterocycles. The monoisotopic (exact) mass is 406 g/mol. The highest BCUT2D eigenvalue weighted by molar-refractivity contribution is 5.84. The fourth-order valence-corrected chi connectivity index (χ4v) is 4.56. The number of fused-ring (bicyclic) bond motifs is 1. The number of anilines is 1. The van der Waals surface area contributed by atoms with Crippen molar-refractivity contribution in [3.05, 3.63) is 90.1 Å². The molecule has 31 heavy (non-hydrogen) atoms. The largest absolute Gasteiger partial charge is 0.368 e. The third-order valence-corrected chi connectivity index (χ3v) is 6.30. The molecule has 0 spiro atoms. The second-order valence-corrected chi connectivity index (χ2v) is 8.15. The second kappa shape index (κ2) is 8.67. The van der Waals surface area contributed by atoms with Crippen LogP contribution in [0.5, 0.6) is 0 Å². The molecule has 4 nitrogen and oxygen atoms in total. The van der Waals surface area contributed by atoms with Gasteiger partial charge in [0.15, 0.2) is 0 Å². The number of nitriles is 1. The number of hydrogen-bond donors (Lipinski definition) is 1. The minimum atomic E-state index is 0.721. The van der Waals surface area contributed by atoms with E-state index in [1.807, 2.05) is 18.2 Å². The average molecular weight is 407 g/mol. The molecular formula is C27H26N4. The van der Waals surface area contributed by atoms with Crippen molar-refractivity contribution in [3.8, 4) is 17.2 Å². The molecule has 1 fully saturated rings. The van der Waals surface area contributed by atoms with Crippen LogP contribution in [0.1, 0.15) is 11.1 Å². The molecule has 0 amide bonds. The molecule has 0 atom stereocenters. The number of nitrogens with zero attached hydrogens (tertiary/aromatic N) is 3. The van der Waals surface area contributed by atoms with Gasteiger partial charge in [0, 0.05) is 61.1 Å². The van der Waals surface area contributed by atoms with Crippen LogP contribution in [0.2, 0.25) is 0 Å². The van der Waals surface area contributed by atoms with Crippen LogP contribution in [0.15, 0.2) is 79.0 Å². The molecule has 1 aliphatic rings. The third-order valence-electron chi connectivity index (χ3n) is 6.30. The number of benzene rings is 3. The maximum atomic E-state index is 9.20. The Morgan fingerprint density at radius 2 is 1.65 bits per heavy atom. The Kier molecular flexibility index (Phi) is 5.43. The summed E-state index contributed by atoms with van der Waals surface area (Å²) in [5, 5.41) is 10.4. The fraction of sp³-hybridized carbons (Fsp3) is 0.222. The number of piperazine rings is 1. The van der Waals surface area contributed by atoms with Crippen LogP contribution < -0.4 is 4.90 Å². The number of aromatic amines is 1. The predicted octanol–water partition coefficient (Wildman–Crippen LogP) is 5.07. The molecule has 0 saturated carbocycles. The Morgan fingerprint density at radius 3 is 2.45 bits per heavy atom. The van der Waals surface area contributed by atoms with E-state index in [4.69, 9.17) is 0 Å². The summed E-state index contributed by atoms with van der Waals surface area (Å²) in [4.78, 5) is 8.41. The number of H-pyrrole nitrogens is 1. The van der Waals surface area contributed by atoms with Crippen LogP contribution in [0.25, 0.3) is 22.0 Å². The molecule has 1 aliphatic heterocycles. The van der Waals surface area contributed by atoms with Crippen molar-refractivity contribution in [1.82, 2.24) is 9.88 Å². The van der Waals surface area contributed by atoms with Crippen LogP contribution in [0, 0.1) is 11.3 Å². The lowest BCUT2D eigenvalue weighted by Crippen LogP contribution is -2.47. The number of hydrogen-bond acceptors (Lipinski definition) is 3. The predicted molar refractivity (Wildman–Crippen MR) is 127 cm³/mol. The van der Waals surface area contributed by atoms with Crippen LogP contribution >= 0.6 is 0 Å². The minimum Gasteiger partial charge on any atom is -0.368 e. The van der Waals surface area contributed by atoms with E-state index >= 15 is 0 Å². The van der Waals surface area contributed by atoms with E-state index in [-0.39, 0.29) is 0 Å². The number of nitrogens with one attached hydrogen (secondary N) is 1. The van der Waals surface area contributed by atoms with Crippen molar-refractivity contribution in [1.29, 1.82) is 5.26 Å². The molecule has 154 valence electrons. The fourth-order valence-electron chi connectivity index (χ4n) is 4.56. The molecule has 2 heterocycles. The molecule has 4 heteroatoms. The summed E-state index contributed by atoms with van der Waals surface area (Å²) < 4.78 is 0. The first-order valence-corrected chi connectivity index (χ1v) is 10.9. The summed E-state index contributed by atoms with van der Waals surface area (Å²) in [7, 11) is 0. The Bertz CT molecular complexity index is 1210. The van der Waals surface area contributed by atoms with Crippen LogP contribution in [0.3, 0.4) is 0 Å². The van der Waals surface area contributed by atoms with Gasteiger partial charge in [-0.25, -0.2) is 0 Å². The maximum Gasteiger partial charge on any atom is 0.0991 e. The normalized spacial score (nSPS) is 14.6. The Balaban J connectivity index is 1.24. The summed E-state index contributed by atoms with van der Waals surface area (Å²) in [5.41, 5.74) is 7.04. The highest BCUT2D eigenvalue weighted by atomic mass is 15.3. The third kappa shape index (κ3) is 4.05. The number of rotatable bonds is 5. The number of para-hydroxylation sites is 1. The zero-order valence-electron chi connectivity index (χ0n) is 17.6. The Hall–Kier alpha value is -3.55. The highest BCUT2D eigenvalue weighted by Gasteiger charge is 2.19. The molecular weight excluding hydrogens is 380 g/mol. The molecule has 3 aromatic carbocycles. The van der Waals surface area contributed by atoms with E-state index in [2.05, 4.69) is 81.6 Å². The quantitative estimate of drug-likeness (QED) is 0.503. The van der Waals surface area contributed by atoms with Crippen molar-refractivity contribution in [2.75, 3.05) is 37.6 Å². The summed E-state index contributed by atoms with van der Waals surface area (Å²) in [6.07, 6.45) is 3.09. The van der Waals surface area contributed by atoms with Crippen molar-refractivity contribution in [2.24, 2.45) is 0 Å². The number of aromatic nitrogens is 1. The molecule has 1 saturated heterocycles. The lowest BCUT2D eigenvalue weighted by molar-refractivity contribution is 0.261. The topological polar surface area (TPSA) is 46.1 Å². The van der Waals surface area contributed by atoms with Gasteiger partial charge in [0.05, 0.1) is 11.6 Å². The smallest absolute Gasteiger partial charge is 0.0991 e. The van der Waals surface area contributed by atoms with Gasteiger partial charge in [-0.3, -0.25) is 4.90 Å². The van der Waals surface area contributed by atoms with Gasteiger partial charge < -0.3 is 9.88 Å². The van der Waals surface area contributed by atoms with E-state index < -0.39 is 0 Å². The summed E-state index contributed by atoms with van der Waals surface area (Å²) in [5.74, 6) is 0. The summed E-state index contributed by atoms with van der Waals surface area (Å²) in [6.45, 7) is 5.24. The van der Waals surface area contributed by atoms with E-state index in [9.17, 15) is 5.26 Å². The zero-order valence-corrected chi connectivity index (χ0v) is 17.6. The summed E-state index contributed by atoms with van der Waals surface area (Å²) >= 11 is 0. The first-order chi connectivity index (χ1) is 15.3. The standard InChI is InChI=1S/C27H26N4/c28-19-21-10-11-26-25(18-21)23(20-29-26)12-13-30-14-16-31(17-15-30)27-9-5-4-8-24(27)22-6-2-1-3-7-22/h1-11,18,20,29H,12-17H2. The first kappa shape index (κ1) is 19.4. The van der Waals surface area contributed by atoms with E-state index in [0.717, 1.165) is 50.2 Å². The minimum absolute atomic E-state index is 0.721. The van der Waals surface area contributed by atoms with Crippen molar-refractivity contribution >= 4 is 16.6 Å². The molecule has 0 unspecified atom stereocenters. The van der Waals surface area contributed by atoms with Gasteiger partial charge in [0.25, 0.3) is 0 Å². The van der Waals surface area contributed by atoms with Crippen molar-refractivity contribution < 1.29 is 0 Å². The molecule has 5 rings (SSSR count). The maximum absolute atomic E-state index is 9.20. The zero-order chi connectivity index (χ0) is 21.0. The lowest BCUT2D eigenvalue weighted by atomic mass is 10.0. The van der Waals surface area contributed by atoms with Gasteiger partial charge >= 0.3 is 0 Å². The van der Waals surface area contributed by atoms with E-state index in [1.165, 1.54) is 27.8 Å². The van der Waals surface area contributed by atoms with Gasteiger partial charge in [0.2, 0.25) is 0 Å². The van der Waals surface area contributed by atoms with Gasteiger partial charge in [-0.1, -0.05) is 48.5 Å². The first-order valence-electron chi connectivity index (χ1n) is 10.9. The molecule has 0 aliphatic carbocycles. The van der Waals surface area contributed by atoms with Crippen LogP contribution in [-0.2, 0) is 6.42 Å². The molecule has 0 radical (unpaired) electrons. The van der Waals surface area contributed by atoms with Crippen molar-refractivity contribution in [3.63, 3.8) is 0 Å². The van der Waals surface area contributed by atoms with E-state index in [0.29, 0.717) is 0 Å². The van der Waals surface area contributed by atoms with Gasteiger partial charge in [-0.05, 0) is 41.8 Å². The lowest BCUT2D eigenvalue weighted by Gasteiger charge is -2.37. The van der Waals surface area contributed by atoms with Crippen LogP contribution in [-0.4, -0.2) is 42.6 Å². The Morgan fingerprint density at radius 1 is 0.871 bits per heavy atom.